The quantitative estimate of drug-likeness (QED) is 0.922. The SMILES string of the molecule is O=C(Nc1cc(-c2ccccc2)on1)N1CC2CC(F)(F)C2C1. The number of benzene rings is 1. The normalized spacial score (nSPS) is 24.9. The van der Waals surface area contributed by atoms with Crippen LogP contribution in [0.3, 0.4) is 0 Å². The average Bonchev–Trinajstić information content (AvgIpc) is 3.13. The van der Waals surface area contributed by atoms with Crippen LogP contribution in [0.25, 0.3) is 11.3 Å². The van der Waals surface area contributed by atoms with Gasteiger partial charge in [0, 0.05) is 37.1 Å². The maximum atomic E-state index is 13.4. The van der Waals surface area contributed by atoms with Crippen LogP contribution in [0.2, 0.25) is 0 Å². The summed E-state index contributed by atoms with van der Waals surface area (Å²) in [4.78, 5) is 13.6. The Morgan fingerprint density at radius 3 is 2.78 bits per heavy atom. The van der Waals surface area contributed by atoms with E-state index in [0.29, 0.717) is 12.3 Å². The molecule has 5 nitrogen and oxygen atoms in total. The first-order valence-electron chi connectivity index (χ1n) is 7.49. The Morgan fingerprint density at radius 1 is 1.30 bits per heavy atom. The number of amides is 2. The van der Waals surface area contributed by atoms with Crippen molar-refractivity contribution in [2.24, 2.45) is 11.8 Å². The van der Waals surface area contributed by atoms with Gasteiger partial charge in [0.15, 0.2) is 11.6 Å². The molecule has 1 saturated carbocycles. The molecule has 0 spiro atoms. The highest BCUT2D eigenvalue weighted by Crippen LogP contribution is 2.52. The number of nitrogens with zero attached hydrogens (tertiary/aromatic N) is 2. The minimum Gasteiger partial charge on any atom is -0.354 e. The Balaban J connectivity index is 1.41. The van der Waals surface area contributed by atoms with E-state index in [1.54, 1.807) is 6.07 Å². The maximum Gasteiger partial charge on any atom is 0.323 e. The highest BCUT2D eigenvalue weighted by molar-refractivity contribution is 5.89. The molecule has 7 heteroatoms. The first-order valence-corrected chi connectivity index (χ1v) is 7.49. The molecular formula is C16H15F2N3O2. The van der Waals surface area contributed by atoms with E-state index in [-0.39, 0.29) is 24.7 Å². The standard InChI is InChI=1S/C16H15F2N3O2/c17-16(18)7-11-8-21(9-12(11)16)15(22)19-14-6-13(23-20-14)10-4-2-1-3-5-10/h1-6,11-12H,7-9H2,(H,19,20,22). The molecule has 2 amide bonds. The molecule has 2 unspecified atom stereocenters. The number of aromatic nitrogens is 1. The Bertz CT molecular complexity index is 732. The highest BCUT2D eigenvalue weighted by atomic mass is 19.3. The lowest BCUT2D eigenvalue weighted by Crippen LogP contribution is -2.46. The molecule has 1 saturated heterocycles. The summed E-state index contributed by atoms with van der Waals surface area (Å²) >= 11 is 0. The minimum atomic E-state index is -2.63. The summed E-state index contributed by atoms with van der Waals surface area (Å²) < 4.78 is 31.9. The second-order valence-corrected chi connectivity index (χ2v) is 6.11. The Labute approximate surface area is 131 Å². The fourth-order valence-corrected chi connectivity index (χ4v) is 3.32. The predicted octanol–water partition coefficient (Wildman–Crippen LogP) is 3.46. The molecule has 2 aliphatic rings. The van der Waals surface area contributed by atoms with Crippen LogP contribution in [0, 0.1) is 11.8 Å². The number of anilines is 1. The largest absolute Gasteiger partial charge is 0.354 e. The van der Waals surface area contributed by atoms with Gasteiger partial charge < -0.3 is 9.42 Å². The monoisotopic (exact) mass is 319 g/mol. The van der Waals surface area contributed by atoms with Crippen LogP contribution in [0.15, 0.2) is 40.9 Å². The molecule has 2 fully saturated rings. The van der Waals surface area contributed by atoms with E-state index in [2.05, 4.69) is 10.5 Å². The Kier molecular flexibility index (Phi) is 3.11. The van der Waals surface area contributed by atoms with Crippen LogP contribution in [0.5, 0.6) is 0 Å². The van der Waals surface area contributed by atoms with Gasteiger partial charge in [0.25, 0.3) is 5.92 Å². The summed E-state index contributed by atoms with van der Waals surface area (Å²) in [6.07, 6.45) is -0.121. The van der Waals surface area contributed by atoms with E-state index >= 15 is 0 Å². The van der Waals surface area contributed by atoms with Crippen LogP contribution in [0.4, 0.5) is 19.4 Å². The Hall–Kier alpha value is -2.44. The van der Waals surface area contributed by atoms with Gasteiger partial charge in [-0.25, -0.2) is 13.6 Å². The van der Waals surface area contributed by atoms with E-state index in [1.807, 2.05) is 30.3 Å². The molecule has 2 aromatic rings. The maximum absolute atomic E-state index is 13.4. The van der Waals surface area contributed by atoms with Gasteiger partial charge in [-0.3, -0.25) is 5.32 Å². The zero-order valence-electron chi connectivity index (χ0n) is 12.2. The van der Waals surface area contributed by atoms with Crippen LogP contribution in [0.1, 0.15) is 6.42 Å². The van der Waals surface area contributed by atoms with Crippen molar-refractivity contribution in [2.75, 3.05) is 18.4 Å². The van der Waals surface area contributed by atoms with Gasteiger partial charge in [-0.05, 0) is 5.92 Å². The number of likely N-dealkylation sites (tertiary alicyclic amines) is 1. The fraction of sp³-hybridized carbons (Fsp3) is 0.375. The molecule has 120 valence electrons. The van der Waals surface area contributed by atoms with Gasteiger partial charge >= 0.3 is 6.03 Å². The third-order valence-electron chi connectivity index (χ3n) is 4.61. The summed E-state index contributed by atoms with van der Waals surface area (Å²) in [6, 6.07) is 10.6. The first-order chi connectivity index (χ1) is 11.0. The molecule has 2 atom stereocenters. The predicted molar refractivity (Wildman–Crippen MR) is 79.1 cm³/mol. The van der Waals surface area contributed by atoms with Gasteiger partial charge in [0.05, 0.1) is 0 Å². The molecule has 1 aromatic carbocycles. The topological polar surface area (TPSA) is 58.4 Å². The van der Waals surface area contributed by atoms with Crippen LogP contribution >= 0.6 is 0 Å². The lowest BCUT2D eigenvalue weighted by atomic mass is 9.72. The first kappa shape index (κ1) is 14.2. The second kappa shape index (κ2) is 5.04. The molecule has 4 rings (SSSR count). The summed E-state index contributed by atoms with van der Waals surface area (Å²) in [5, 5.41) is 6.41. The highest BCUT2D eigenvalue weighted by Gasteiger charge is 2.60. The lowest BCUT2D eigenvalue weighted by molar-refractivity contribution is -0.152. The molecule has 1 aromatic heterocycles. The van der Waals surface area contributed by atoms with Crippen molar-refractivity contribution < 1.29 is 18.1 Å². The van der Waals surface area contributed by atoms with E-state index in [9.17, 15) is 13.6 Å². The summed E-state index contributed by atoms with van der Waals surface area (Å²) in [7, 11) is 0. The van der Waals surface area contributed by atoms with Crippen molar-refractivity contribution in [2.45, 2.75) is 12.3 Å². The van der Waals surface area contributed by atoms with Crippen molar-refractivity contribution in [3.8, 4) is 11.3 Å². The van der Waals surface area contributed by atoms with Crippen molar-refractivity contribution >= 4 is 11.8 Å². The number of fused-ring (bicyclic) bond motifs is 1. The number of hydrogen-bond donors (Lipinski definition) is 1. The number of hydrogen-bond acceptors (Lipinski definition) is 3. The minimum absolute atomic E-state index is 0.0899. The van der Waals surface area contributed by atoms with Crippen LogP contribution in [-0.2, 0) is 0 Å². The van der Waals surface area contributed by atoms with Gasteiger partial charge in [0.1, 0.15) is 0 Å². The molecular weight excluding hydrogens is 304 g/mol. The van der Waals surface area contributed by atoms with Crippen molar-refractivity contribution in [3.05, 3.63) is 36.4 Å². The zero-order valence-corrected chi connectivity index (χ0v) is 12.2. The van der Waals surface area contributed by atoms with Gasteiger partial charge in [-0.2, -0.15) is 0 Å². The molecule has 2 heterocycles. The van der Waals surface area contributed by atoms with E-state index in [1.165, 1.54) is 4.90 Å². The number of urea groups is 1. The third kappa shape index (κ3) is 2.46. The number of carbonyl (C=O) groups excluding carboxylic acids is 1. The molecule has 23 heavy (non-hydrogen) atoms. The molecule has 0 bridgehead atoms. The number of carbonyl (C=O) groups is 1. The summed E-state index contributed by atoms with van der Waals surface area (Å²) in [5.74, 6) is -2.61. The number of nitrogens with one attached hydrogen (secondary N) is 1. The van der Waals surface area contributed by atoms with E-state index in [0.717, 1.165) is 5.56 Å². The number of halogens is 2. The van der Waals surface area contributed by atoms with Crippen molar-refractivity contribution in [1.29, 1.82) is 0 Å². The van der Waals surface area contributed by atoms with Crippen LogP contribution < -0.4 is 5.32 Å². The second-order valence-electron chi connectivity index (χ2n) is 6.11. The molecule has 0 radical (unpaired) electrons. The van der Waals surface area contributed by atoms with Gasteiger partial charge in [-0.1, -0.05) is 35.5 Å². The lowest BCUT2D eigenvalue weighted by Gasteiger charge is -2.38. The smallest absolute Gasteiger partial charge is 0.323 e. The fourth-order valence-electron chi connectivity index (χ4n) is 3.32. The average molecular weight is 319 g/mol. The number of rotatable bonds is 2. The van der Waals surface area contributed by atoms with Crippen molar-refractivity contribution in [3.63, 3.8) is 0 Å². The Morgan fingerprint density at radius 2 is 2.09 bits per heavy atom. The van der Waals surface area contributed by atoms with E-state index in [4.69, 9.17) is 4.52 Å². The van der Waals surface area contributed by atoms with Gasteiger partial charge in [0.2, 0.25) is 0 Å². The summed E-state index contributed by atoms with van der Waals surface area (Å²) in [6.45, 7) is 0.461. The third-order valence-corrected chi connectivity index (χ3v) is 4.61. The molecule has 1 N–H and O–H groups in total. The molecule has 1 aliphatic heterocycles. The number of alkyl halides is 2. The zero-order chi connectivity index (χ0) is 16.0. The van der Waals surface area contributed by atoms with E-state index < -0.39 is 17.9 Å². The van der Waals surface area contributed by atoms with Crippen molar-refractivity contribution in [1.82, 2.24) is 10.1 Å². The summed E-state index contributed by atoms with van der Waals surface area (Å²) in [5.41, 5.74) is 0.847. The molecule has 1 aliphatic carbocycles. The van der Waals surface area contributed by atoms with Crippen LogP contribution in [-0.4, -0.2) is 35.1 Å². The van der Waals surface area contributed by atoms with Gasteiger partial charge in [-0.15, -0.1) is 0 Å².